The number of thiol groups is 1. The van der Waals surface area contributed by atoms with Crippen molar-refractivity contribution in [2.45, 2.75) is 15.7 Å². The predicted octanol–water partition coefficient (Wildman–Crippen LogP) is 5.65. The summed E-state index contributed by atoms with van der Waals surface area (Å²) in [6.45, 7) is 0.529. The molecule has 0 saturated heterocycles. The summed E-state index contributed by atoms with van der Waals surface area (Å²) >= 11 is 1.16. The SMILES string of the molecule is O=C(OCCOc1ccc([SH+]c2ccccc2)cc1)C1c2ccccc2-c2ccccc21. The van der Waals surface area contributed by atoms with Crippen LogP contribution in [0.4, 0.5) is 0 Å². The number of fused-ring (bicyclic) bond motifs is 3. The van der Waals surface area contributed by atoms with Crippen molar-refractivity contribution in [3.05, 3.63) is 114 Å². The zero-order valence-corrected chi connectivity index (χ0v) is 18.4. The van der Waals surface area contributed by atoms with E-state index in [1.54, 1.807) is 0 Å². The van der Waals surface area contributed by atoms with E-state index in [0.717, 1.165) is 39.8 Å². The Labute approximate surface area is 192 Å². The van der Waals surface area contributed by atoms with E-state index < -0.39 is 0 Å². The van der Waals surface area contributed by atoms with Crippen molar-refractivity contribution < 1.29 is 14.3 Å². The fourth-order valence-electron chi connectivity index (χ4n) is 4.06. The molecule has 0 aromatic heterocycles. The number of hydrogen-bond acceptors (Lipinski definition) is 3. The number of carbonyl (C=O) groups is 1. The summed E-state index contributed by atoms with van der Waals surface area (Å²) in [5.74, 6) is 0.159. The molecule has 5 rings (SSSR count). The third-order valence-electron chi connectivity index (χ3n) is 5.52. The topological polar surface area (TPSA) is 35.5 Å². The second kappa shape index (κ2) is 9.33. The van der Waals surface area contributed by atoms with Gasteiger partial charge in [-0.2, -0.15) is 0 Å². The molecule has 3 nitrogen and oxygen atoms in total. The minimum absolute atomic E-state index is 0.212. The Bertz CT molecular complexity index is 1170. The van der Waals surface area contributed by atoms with Gasteiger partial charge in [-0.3, -0.25) is 4.79 Å². The molecule has 32 heavy (non-hydrogen) atoms. The molecule has 0 atom stereocenters. The second-order valence-electron chi connectivity index (χ2n) is 7.56. The average molecular weight is 440 g/mol. The molecule has 0 spiro atoms. The summed E-state index contributed by atoms with van der Waals surface area (Å²) in [6.07, 6.45) is 0. The van der Waals surface area contributed by atoms with Gasteiger partial charge in [-0.25, -0.2) is 0 Å². The van der Waals surface area contributed by atoms with E-state index in [4.69, 9.17) is 9.47 Å². The highest BCUT2D eigenvalue weighted by atomic mass is 32.2. The Kier molecular flexibility index (Phi) is 5.95. The normalized spacial score (nSPS) is 12.1. The van der Waals surface area contributed by atoms with E-state index >= 15 is 0 Å². The number of benzene rings is 4. The molecule has 158 valence electrons. The van der Waals surface area contributed by atoms with Crippen LogP contribution in [0.1, 0.15) is 17.0 Å². The maximum Gasteiger partial charge on any atom is 0.318 e. The summed E-state index contributed by atoms with van der Waals surface area (Å²) in [5, 5.41) is 0. The lowest BCUT2D eigenvalue weighted by Crippen LogP contribution is -2.18. The van der Waals surface area contributed by atoms with Gasteiger partial charge in [0, 0.05) is 11.8 Å². The van der Waals surface area contributed by atoms with Gasteiger partial charge in [0.1, 0.15) is 24.9 Å². The first-order valence-corrected chi connectivity index (χ1v) is 11.5. The Balaban J connectivity index is 1.16. The molecule has 0 amide bonds. The van der Waals surface area contributed by atoms with Crippen LogP contribution in [0.5, 0.6) is 5.75 Å². The molecule has 0 unspecified atom stereocenters. The fraction of sp³-hybridized carbons (Fsp3) is 0.107. The third kappa shape index (κ3) is 4.27. The molecule has 1 aliphatic rings. The van der Waals surface area contributed by atoms with Crippen molar-refractivity contribution in [3.63, 3.8) is 0 Å². The number of carbonyl (C=O) groups excluding carboxylic acids is 1. The Hall–Kier alpha value is -3.50. The van der Waals surface area contributed by atoms with Crippen molar-refractivity contribution in [2.24, 2.45) is 0 Å². The molecule has 4 aromatic rings. The first-order chi connectivity index (χ1) is 15.8. The van der Waals surface area contributed by atoms with E-state index in [0.29, 0.717) is 6.61 Å². The van der Waals surface area contributed by atoms with Crippen LogP contribution < -0.4 is 4.74 Å². The monoisotopic (exact) mass is 439 g/mol. The molecule has 0 bridgehead atoms. The van der Waals surface area contributed by atoms with E-state index in [2.05, 4.69) is 36.4 Å². The Morgan fingerprint density at radius 3 is 1.88 bits per heavy atom. The van der Waals surface area contributed by atoms with Crippen molar-refractivity contribution in [3.8, 4) is 16.9 Å². The summed E-state index contributed by atoms with van der Waals surface area (Å²) in [4.78, 5) is 15.4. The zero-order chi connectivity index (χ0) is 21.8. The lowest BCUT2D eigenvalue weighted by molar-refractivity contribution is -0.145. The average Bonchev–Trinajstić information content (AvgIpc) is 3.18. The van der Waals surface area contributed by atoms with Gasteiger partial charge in [0.2, 0.25) is 0 Å². The predicted molar refractivity (Wildman–Crippen MR) is 128 cm³/mol. The van der Waals surface area contributed by atoms with E-state index in [-0.39, 0.29) is 18.5 Å². The standard InChI is InChI=1S/C28H22O3S/c29-28(27-25-12-6-4-10-23(25)24-11-5-7-13-26(24)27)31-19-18-30-20-14-16-22(17-15-20)32-21-8-2-1-3-9-21/h1-17,27H,18-19H2/p+1. The molecule has 0 aliphatic heterocycles. The van der Waals surface area contributed by atoms with Crippen LogP contribution in [-0.4, -0.2) is 19.2 Å². The van der Waals surface area contributed by atoms with Crippen LogP contribution in [0.2, 0.25) is 0 Å². The summed E-state index contributed by atoms with van der Waals surface area (Å²) in [5.41, 5.74) is 4.23. The van der Waals surface area contributed by atoms with Crippen LogP contribution >= 0.6 is 0 Å². The molecule has 0 radical (unpaired) electrons. The molecule has 0 fully saturated rings. The minimum Gasteiger partial charge on any atom is -0.490 e. The fourth-order valence-corrected chi connectivity index (χ4v) is 4.98. The number of esters is 1. The molecule has 0 saturated carbocycles. The molecular formula is C28H23O3S+. The minimum atomic E-state index is -0.376. The lowest BCUT2D eigenvalue weighted by Gasteiger charge is -2.13. The van der Waals surface area contributed by atoms with E-state index in [1.807, 2.05) is 66.7 Å². The highest BCUT2D eigenvalue weighted by Gasteiger charge is 2.34. The summed E-state index contributed by atoms with van der Waals surface area (Å²) < 4.78 is 11.4. The van der Waals surface area contributed by atoms with Crippen LogP contribution in [0.25, 0.3) is 11.1 Å². The molecule has 0 N–H and O–H groups in total. The van der Waals surface area contributed by atoms with Crippen molar-refractivity contribution in [2.75, 3.05) is 13.2 Å². The smallest absolute Gasteiger partial charge is 0.318 e. The van der Waals surface area contributed by atoms with Gasteiger partial charge in [0.15, 0.2) is 9.79 Å². The molecule has 1 aliphatic carbocycles. The first kappa shape index (κ1) is 20.4. The zero-order valence-electron chi connectivity index (χ0n) is 17.5. The maximum absolute atomic E-state index is 12.9. The van der Waals surface area contributed by atoms with Crippen LogP contribution in [0.15, 0.2) is 113 Å². The van der Waals surface area contributed by atoms with E-state index in [1.165, 1.54) is 9.79 Å². The number of ether oxygens (including phenoxy) is 2. The van der Waals surface area contributed by atoms with Crippen molar-refractivity contribution in [1.29, 1.82) is 0 Å². The molecule has 4 heteroatoms. The quantitative estimate of drug-likeness (QED) is 0.161. The largest absolute Gasteiger partial charge is 0.490 e. The van der Waals surface area contributed by atoms with E-state index in [9.17, 15) is 4.79 Å². The van der Waals surface area contributed by atoms with Gasteiger partial charge < -0.3 is 9.47 Å². The summed E-state index contributed by atoms with van der Waals surface area (Å²) in [7, 11) is 0. The van der Waals surface area contributed by atoms with Gasteiger partial charge in [-0.05, 0) is 58.7 Å². The van der Waals surface area contributed by atoms with Crippen LogP contribution in [-0.2, 0) is 21.3 Å². The van der Waals surface area contributed by atoms with Crippen molar-refractivity contribution in [1.82, 2.24) is 0 Å². The highest BCUT2D eigenvalue weighted by Crippen LogP contribution is 2.44. The highest BCUT2D eigenvalue weighted by molar-refractivity contribution is 7.78. The van der Waals surface area contributed by atoms with Crippen molar-refractivity contribution >= 4 is 17.7 Å². The Morgan fingerprint density at radius 1 is 0.656 bits per heavy atom. The maximum atomic E-state index is 12.9. The van der Waals surface area contributed by atoms with Crippen LogP contribution in [0.3, 0.4) is 0 Å². The van der Waals surface area contributed by atoms with Gasteiger partial charge in [-0.15, -0.1) is 0 Å². The number of rotatable bonds is 7. The summed E-state index contributed by atoms with van der Waals surface area (Å²) in [6, 6.07) is 34.4. The molecular weight excluding hydrogens is 416 g/mol. The Morgan fingerprint density at radius 2 is 1.22 bits per heavy atom. The second-order valence-corrected chi connectivity index (χ2v) is 8.82. The van der Waals surface area contributed by atoms with Crippen LogP contribution in [0, 0.1) is 0 Å². The first-order valence-electron chi connectivity index (χ1n) is 10.6. The molecule has 0 heterocycles. The van der Waals surface area contributed by atoms with Gasteiger partial charge in [-0.1, -0.05) is 66.7 Å². The number of hydrogen-bond donors (Lipinski definition) is 0. The molecule has 4 aromatic carbocycles. The van der Waals surface area contributed by atoms with Gasteiger partial charge in [0.25, 0.3) is 0 Å². The third-order valence-corrected chi connectivity index (χ3v) is 6.63. The lowest BCUT2D eigenvalue weighted by atomic mass is 9.97. The van der Waals surface area contributed by atoms with Gasteiger partial charge >= 0.3 is 5.97 Å². The van der Waals surface area contributed by atoms with Gasteiger partial charge in [0.05, 0.1) is 0 Å².